The van der Waals surface area contributed by atoms with E-state index in [1.54, 1.807) is 0 Å². The molecule has 10 rings (SSSR count). The fraction of sp³-hybridized carbons (Fsp3) is 0. The van der Waals surface area contributed by atoms with E-state index in [1.807, 2.05) is 30.3 Å². The van der Waals surface area contributed by atoms with Gasteiger partial charge in [-0.25, -0.2) is 15.0 Å². The molecule has 0 fully saturated rings. The Balaban J connectivity index is 1.21. The van der Waals surface area contributed by atoms with Crippen molar-refractivity contribution in [1.29, 1.82) is 0 Å². The number of hydrogen-bond donors (Lipinski definition) is 0. The standard InChI is InChI=1S/C47H29N3O/c1-2-11-30(12-3-1)32-21-24-33(25-22-32)45-48-46(35-26-23-31-13-4-5-14-34(31)29-35)50-47(49-45)41-28-27-40-37-16-7-9-20-43(37)51-42-19-8-6-15-36(42)38-17-10-18-39(41)44(38)40/h1-29H. The van der Waals surface area contributed by atoms with Crippen molar-refractivity contribution in [3.63, 3.8) is 0 Å². The second kappa shape index (κ2) is 11.9. The van der Waals surface area contributed by atoms with Crippen molar-refractivity contribution in [2.24, 2.45) is 0 Å². The first-order valence-electron chi connectivity index (χ1n) is 17.1. The van der Waals surface area contributed by atoms with Gasteiger partial charge in [0.1, 0.15) is 11.5 Å². The lowest BCUT2D eigenvalue weighted by atomic mass is 9.87. The largest absolute Gasteiger partial charge is 0.456 e. The molecule has 4 heteroatoms. The first-order valence-corrected chi connectivity index (χ1v) is 17.1. The third kappa shape index (κ3) is 5.04. The molecule has 4 nitrogen and oxygen atoms in total. The Morgan fingerprint density at radius 2 is 0.843 bits per heavy atom. The molecule has 1 aromatic heterocycles. The number of fused-ring (bicyclic) bond motifs is 5. The quantitative estimate of drug-likeness (QED) is 0.190. The highest BCUT2D eigenvalue weighted by Gasteiger charge is 2.23. The Morgan fingerprint density at radius 3 is 1.61 bits per heavy atom. The van der Waals surface area contributed by atoms with Crippen LogP contribution in [0.4, 0.5) is 0 Å². The van der Waals surface area contributed by atoms with Crippen molar-refractivity contribution in [1.82, 2.24) is 15.0 Å². The molecule has 0 atom stereocenters. The molecule has 0 unspecified atom stereocenters. The molecule has 1 aliphatic heterocycles. The maximum atomic E-state index is 6.55. The molecule has 51 heavy (non-hydrogen) atoms. The second-order valence-electron chi connectivity index (χ2n) is 12.8. The summed E-state index contributed by atoms with van der Waals surface area (Å²) < 4.78 is 6.55. The second-order valence-corrected chi connectivity index (χ2v) is 12.8. The van der Waals surface area contributed by atoms with Crippen LogP contribution in [0, 0.1) is 0 Å². The minimum absolute atomic E-state index is 0.624. The molecule has 0 saturated heterocycles. The van der Waals surface area contributed by atoms with Gasteiger partial charge in [0.2, 0.25) is 0 Å². The van der Waals surface area contributed by atoms with Gasteiger partial charge in [-0.1, -0.05) is 152 Å². The summed E-state index contributed by atoms with van der Waals surface area (Å²) in [6.07, 6.45) is 0. The number of ether oxygens (including phenoxy) is 1. The van der Waals surface area contributed by atoms with Crippen LogP contribution in [-0.2, 0) is 0 Å². The Morgan fingerprint density at radius 1 is 0.314 bits per heavy atom. The SMILES string of the molecule is c1ccc(-c2ccc(-c3nc(-c4ccc5ccccc5c4)nc(-c4ccc5c6c(cccc46)-c4ccccc4Oc4ccccc4-5)n3)cc2)cc1. The average Bonchev–Trinajstić information content (AvgIpc) is 3.20. The molecule has 0 N–H and O–H groups in total. The number of hydrogen-bond acceptors (Lipinski definition) is 4. The van der Waals surface area contributed by atoms with Crippen LogP contribution in [0.2, 0.25) is 0 Å². The first-order chi connectivity index (χ1) is 25.3. The summed E-state index contributed by atoms with van der Waals surface area (Å²) in [7, 11) is 0. The lowest BCUT2D eigenvalue weighted by Gasteiger charge is -2.22. The molecule has 0 spiro atoms. The summed E-state index contributed by atoms with van der Waals surface area (Å²) in [4.78, 5) is 15.5. The van der Waals surface area contributed by atoms with Crippen LogP contribution in [0.5, 0.6) is 11.5 Å². The van der Waals surface area contributed by atoms with Crippen LogP contribution >= 0.6 is 0 Å². The lowest BCUT2D eigenvalue weighted by molar-refractivity contribution is 0.486. The van der Waals surface area contributed by atoms with Gasteiger partial charge >= 0.3 is 0 Å². The van der Waals surface area contributed by atoms with Crippen molar-refractivity contribution >= 4 is 21.5 Å². The van der Waals surface area contributed by atoms with Gasteiger partial charge in [0.05, 0.1) is 0 Å². The van der Waals surface area contributed by atoms with Crippen LogP contribution in [0.3, 0.4) is 0 Å². The molecule has 0 saturated carbocycles. The van der Waals surface area contributed by atoms with Gasteiger partial charge in [0.25, 0.3) is 0 Å². The van der Waals surface area contributed by atoms with Crippen LogP contribution in [-0.4, -0.2) is 15.0 Å². The molecule has 9 aromatic rings. The van der Waals surface area contributed by atoms with Gasteiger partial charge < -0.3 is 4.74 Å². The molecular weight excluding hydrogens is 623 g/mol. The lowest BCUT2D eigenvalue weighted by Crippen LogP contribution is -2.02. The molecule has 0 radical (unpaired) electrons. The molecule has 0 aliphatic carbocycles. The van der Waals surface area contributed by atoms with Gasteiger partial charge in [-0.05, 0) is 68.1 Å². The van der Waals surface area contributed by atoms with Crippen LogP contribution < -0.4 is 4.74 Å². The third-order valence-corrected chi connectivity index (χ3v) is 9.75. The summed E-state index contributed by atoms with van der Waals surface area (Å²) in [5.74, 6) is 3.54. The first kappa shape index (κ1) is 29.0. The van der Waals surface area contributed by atoms with E-state index in [0.717, 1.165) is 72.2 Å². The fourth-order valence-electron chi connectivity index (χ4n) is 7.25. The number of rotatable bonds is 4. The topological polar surface area (TPSA) is 47.9 Å². The van der Waals surface area contributed by atoms with Gasteiger partial charge in [0.15, 0.2) is 17.5 Å². The zero-order valence-corrected chi connectivity index (χ0v) is 27.5. The predicted molar refractivity (Wildman–Crippen MR) is 208 cm³/mol. The van der Waals surface area contributed by atoms with Crippen molar-refractivity contribution in [3.05, 3.63) is 176 Å². The molecule has 0 amide bonds. The highest BCUT2D eigenvalue weighted by Crippen LogP contribution is 2.48. The number of nitrogens with zero attached hydrogens (tertiary/aromatic N) is 3. The van der Waals surface area contributed by atoms with Gasteiger partial charge in [0, 0.05) is 27.8 Å². The summed E-state index contributed by atoms with van der Waals surface area (Å²) in [5, 5.41) is 4.52. The monoisotopic (exact) mass is 651 g/mol. The van der Waals surface area contributed by atoms with Crippen molar-refractivity contribution in [2.45, 2.75) is 0 Å². The summed E-state index contributed by atoms with van der Waals surface area (Å²) in [5.41, 5.74) is 9.42. The smallest absolute Gasteiger partial charge is 0.164 e. The zero-order valence-electron chi connectivity index (χ0n) is 27.5. The third-order valence-electron chi connectivity index (χ3n) is 9.75. The maximum Gasteiger partial charge on any atom is 0.164 e. The average molecular weight is 652 g/mol. The van der Waals surface area contributed by atoms with E-state index in [-0.39, 0.29) is 0 Å². The van der Waals surface area contributed by atoms with Gasteiger partial charge in [-0.3, -0.25) is 0 Å². The molecular formula is C47H29N3O. The minimum Gasteiger partial charge on any atom is -0.456 e. The normalized spacial score (nSPS) is 11.7. The Labute approximate surface area is 295 Å². The van der Waals surface area contributed by atoms with E-state index in [1.165, 1.54) is 10.9 Å². The van der Waals surface area contributed by atoms with Crippen LogP contribution in [0.15, 0.2) is 176 Å². The Hall–Kier alpha value is -6.91. The van der Waals surface area contributed by atoms with Crippen molar-refractivity contribution < 1.29 is 4.74 Å². The molecule has 0 bridgehead atoms. The molecule has 238 valence electrons. The van der Waals surface area contributed by atoms with Crippen molar-refractivity contribution in [2.75, 3.05) is 0 Å². The fourth-order valence-corrected chi connectivity index (χ4v) is 7.25. The van der Waals surface area contributed by atoms with E-state index in [2.05, 4.69) is 146 Å². The van der Waals surface area contributed by atoms with Gasteiger partial charge in [-0.15, -0.1) is 0 Å². The van der Waals surface area contributed by atoms with Crippen molar-refractivity contribution in [3.8, 4) is 79.0 Å². The van der Waals surface area contributed by atoms with E-state index < -0.39 is 0 Å². The highest BCUT2D eigenvalue weighted by molar-refractivity contribution is 6.13. The Kier molecular flexibility index (Phi) is 6.78. The van der Waals surface area contributed by atoms with E-state index in [4.69, 9.17) is 19.7 Å². The summed E-state index contributed by atoms with van der Waals surface area (Å²) >= 11 is 0. The number of para-hydroxylation sites is 2. The summed E-state index contributed by atoms with van der Waals surface area (Å²) in [6, 6.07) is 61.0. The zero-order chi connectivity index (χ0) is 33.7. The molecule has 2 heterocycles. The Bertz CT molecular complexity index is 2720. The number of benzene rings is 8. The molecule has 1 aliphatic rings. The number of aromatic nitrogens is 3. The molecule has 8 aromatic carbocycles. The van der Waals surface area contributed by atoms with E-state index in [9.17, 15) is 0 Å². The maximum absolute atomic E-state index is 6.55. The highest BCUT2D eigenvalue weighted by atomic mass is 16.5. The van der Waals surface area contributed by atoms with Gasteiger partial charge in [-0.2, -0.15) is 0 Å². The summed E-state index contributed by atoms with van der Waals surface area (Å²) in [6.45, 7) is 0. The van der Waals surface area contributed by atoms with E-state index >= 15 is 0 Å². The van der Waals surface area contributed by atoms with Crippen LogP contribution in [0.25, 0.3) is 89.1 Å². The van der Waals surface area contributed by atoms with E-state index in [0.29, 0.717) is 17.5 Å². The van der Waals surface area contributed by atoms with Crippen LogP contribution in [0.1, 0.15) is 0 Å². The predicted octanol–water partition coefficient (Wildman–Crippen LogP) is 12.3. The minimum atomic E-state index is 0.624.